The van der Waals surface area contributed by atoms with Gasteiger partial charge in [0.1, 0.15) is 8.64 Å². The number of hydrogen-bond acceptors (Lipinski definition) is 4. The Balaban J connectivity index is -0.000000143. The first-order chi connectivity index (χ1) is 5.62. The molecule has 0 heterocycles. The van der Waals surface area contributed by atoms with E-state index in [4.69, 9.17) is 24.4 Å². The number of thiocarbonyl (C=S) groups is 2. The Morgan fingerprint density at radius 3 is 1.15 bits per heavy atom. The second-order valence-electron chi connectivity index (χ2n) is 1.48. The fraction of sp³-hybridized carbons (Fsp3) is 0.714. The van der Waals surface area contributed by atoms with Crippen LogP contribution in [0.15, 0.2) is 0 Å². The number of nitrogens with one attached hydrogen (secondary N) is 2. The van der Waals surface area contributed by atoms with E-state index in [-0.39, 0.29) is 7.43 Å². The highest BCUT2D eigenvalue weighted by Crippen LogP contribution is 1.90. The lowest BCUT2D eigenvalue weighted by Gasteiger charge is -1.91. The molecule has 0 saturated heterocycles. The Morgan fingerprint density at radius 2 is 1.15 bits per heavy atom. The predicted octanol–water partition coefficient (Wildman–Crippen LogP) is 2.34. The van der Waals surface area contributed by atoms with E-state index in [9.17, 15) is 0 Å². The van der Waals surface area contributed by atoms with Gasteiger partial charge in [-0.25, -0.2) is 0 Å². The zero-order valence-electron chi connectivity index (χ0n) is 7.63. The molecule has 0 radical (unpaired) electrons. The van der Waals surface area contributed by atoms with Gasteiger partial charge in [-0.15, -0.1) is 23.5 Å². The summed E-state index contributed by atoms with van der Waals surface area (Å²) in [6.45, 7) is 0. The summed E-state index contributed by atoms with van der Waals surface area (Å²) in [5, 5.41) is 5.62. The van der Waals surface area contributed by atoms with Crippen LogP contribution in [0, 0.1) is 0 Å². The van der Waals surface area contributed by atoms with E-state index in [0.717, 1.165) is 8.64 Å². The SMILES string of the molecule is C.CNC(=S)SC.CNC(=S)SC. The van der Waals surface area contributed by atoms with Gasteiger partial charge in [0, 0.05) is 14.1 Å². The predicted molar refractivity (Wildman–Crippen MR) is 77.1 cm³/mol. The second-order valence-corrected chi connectivity index (χ2v) is 4.45. The third-order valence-corrected chi connectivity index (χ3v) is 3.34. The quantitative estimate of drug-likeness (QED) is 0.647. The van der Waals surface area contributed by atoms with Gasteiger partial charge in [0.2, 0.25) is 0 Å². The first-order valence-corrected chi connectivity index (χ1v) is 6.40. The zero-order valence-corrected chi connectivity index (χ0v) is 10.9. The summed E-state index contributed by atoms with van der Waals surface area (Å²) in [6.07, 6.45) is 3.89. The van der Waals surface area contributed by atoms with E-state index in [2.05, 4.69) is 10.6 Å². The standard InChI is InChI=1S/2C3H7NS2.CH4/c2*1-4-3(5)6-2;/h2*1-2H3,(H,4,5);1H4. The molecule has 0 atom stereocenters. The summed E-state index contributed by atoms with van der Waals surface area (Å²) in [6, 6.07) is 0. The van der Waals surface area contributed by atoms with Crippen LogP contribution in [0.25, 0.3) is 0 Å². The maximum atomic E-state index is 4.71. The van der Waals surface area contributed by atoms with Crippen molar-refractivity contribution in [1.29, 1.82) is 0 Å². The van der Waals surface area contributed by atoms with Crippen LogP contribution in [0.3, 0.4) is 0 Å². The van der Waals surface area contributed by atoms with Gasteiger partial charge in [0.15, 0.2) is 0 Å². The van der Waals surface area contributed by atoms with Crippen LogP contribution >= 0.6 is 48.0 Å². The molecule has 13 heavy (non-hydrogen) atoms. The van der Waals surface area contributed by atoms with Crippen molar-refractivity contribution >= 4 is 56.6 Å². The van der Waals surface area contributed by atoms with Crippen LogP contribution in [-0.4, -0.2) is 35.2 Å². The van der Waals surface area contributed by atoms with Gasteiger partial charge in [0.25, 0.3) is 0 Å². The second kappa shape index (κ2) is 15.0. The zero-order chi connectivity index (χ0) is 9.98. The van der Waals surface area contributed by atoms with Gasteiger partial charge in [-0.05, 0) is 12.5 Å². The Hall–Kier alpha value is 0.480. The summed E-state index contributed by atoms with van der Waals surface area (Å²) in [7, 11) is 3.64. The maximum absolute atomic E-state index is 4.71. The molecule has 80 valence electrons. The van der Waals surface area contributed by atoms with Gasteiger partial charge in [-0.3, -0.25) is 0 Å². The fourth-order valence-electron chi connectivity index (χ4n) is 0.204. The normalized spacial score (nSPS) is 7.08. The van der Waals surface area contributed by atoms with Crippen molar-refractivity contribution < 1.29 is 0 Å². The molecular weight excluding hydrogens is 240 g/mol. The van der Waals surface area contributed by atoms with Crippen LogP contribution in [0.2, 0.25) is 0 Å². The topological polar surface area (TPSA) is 24.1 Å². The number of rotatable bonds is 0. The van der Waals surface area contributed by atoms with Crippen LogP contribution in [0.1, 0.15) is 7.43 Å². The molecule has 0 fully saturated rings. The molecule has 2 N–H and O–H groups in total. The molecule has 0 spiro atoms. The molecule has 0 rings (SSSR count). The molecule has 2 nitrogen and oxygen atoms in total. The smallest absolute Gasteiger partial charge is 0.133 e. The van der Waals surface area contributed by atoms with E-state index < -0.39 is 0 Å². The Bertz CT molecular complexity index is 110. The number of hydrogen-bond donors (Lipinski definition) is 2. The monoisotopic (exact) mass is 258 g/mol. The Morgan fingerprint density at radius 1 is 0.923 bits per heavy atom. The molecule has 0 unspecified atom stereocenters. The van der Waals surface area contributed by atoms with E-state index in [0.29, 0.717) is 0 Å². The van der Waals surface area contributed by atoms with Crippen LogP contribution in [0.5, 0.6) is 0 Å². The lowest BCUT2D eigenvalue weighted by atomic mass is 11.2. The molecular formula is C7H18N2S4. The molecule has 0 aliphatic carbocycles. The summed E-state index contributed by atoms with van der Waals surface area (Å²) >= 11 is 12.5. The fourth-order valence-corrected chi connectivity index (χ4v) is 0.612. The maximum Gasteiger partial charge on any atom is 0.133 e. The molecule has 6 heteroatoms. The van der Waals surface area contributed by atoms with Crippen LogP contribution in [-0.2, 0) is 0 Å². The van der Waals surface area contributed by atoms with E-state index in [1.165, 1.54) is 0 Å². The highest BCUT2D eigenvalue weighted by molar-refractivity contribution is 8.22. The van der Waals surface area contributed by atoms with Crippen molar-refractivity contribution in [2.24, 2.45) is 0 Å². The molecule has 0 amide bonds. The van der Waals surface area contributed by atoms with Crippen molar-refractivity contribution in [2.45, 2.75) is 7.43 Å². The molecule has 0 aromatic rings. The summed E-state index contributed by atoms with van der Waals surface area (Å²) in [5.74, 6) is 0. The van der Waals surface area contributed by atoms with Crippen molar-refractivity contribution in [1.82, 2.24) is 10.6 Å². The summed E-state index contributed by atoms with van der Waals surface area (Å²) in [4.78, 5) is 0. The van der Waals surface area contributed by atoms with Gasteiger partial charge in [-0.2, -0.15) is 0 Å². The molecule has 0 aromatic heterocycles. The Kier molecular flexibility index (Phi) is 22.0. The van der Waals surface area contributed by atoms with Crippen LogP contribution in [0.4, 0.5) is 0 Å². The van der Waals surface area contributed by atoms with Gasteiger partial charge >= 0.3 is 0 Å². The lowest BCUT2D eigenvalue weighted by Crippen LogP contribution is -2.09. The first kappa shape index (κ1) is 19.1. The highest BCUT2D eigenvalue weighted by Gasteiger charge is 1.79. The van der Waals surface area contributed by atoms with Crippen molar-refractivity contribution in [3.63, 3.8) is 0 Å². The molecule has 0 bridgehead atoms. The Labute approximate surface area is 101 Å². The minimum absolute atomic E-state index is 0. The third kappa shape index (κ3) is 19.1. The average molecular weight is 259 g/mol. The summed E-state index contributed by atoms with van der Waals surface area (Å²) in [5.41, 5.74) is 0. The average Bonchev–Trinajstić information content (AvgIpc) is 2.16. The van der Waals surface area contributed by atoms with Gasteiger partial charge in [0.05, 0.1) is 0 Å². The summed E-state index contributed by atoms with van der Waals surface area (Å²) < 4.78 is 1.69. The van der Waals surface area contributed by atoms with Gasteiger partial charge < -0.3 is 10.6 Å². The van der Waals surface area contributed by atoms with Crippen LogP contribution < -0.4 is 10.6 Å². The minimum Gasteiger partial charge on any atom is -0.374 e. The molecule has 0 saturated carbocycles. The van der Waals surface area contributed by atoms with E-state index in [1.807, 2.05) is 26.6 Å². The number of thioether (sulfide) groups is 2. The van der Waals surface area contributed by atoms with Crippen molar-refractivity contribution in [3.05, 3.63) is 0 Å². The molecule has 0 aliphatic heterocycles. The van der Waals surface area contributed by atoms with E-state index in [1.54, 1.807) is 23.5 Å². The minimum atomic E-state index is 0. The molecule has 0 aromatic carbocycles. The van der Waals surface area contributed by atoms with Crippen molar-refractivity contribution in [3.8, 4) is 0 Å². The molecule has 0 aliphatic rings. The van der Waals surface area contributed by atoms with Gasteiger partial charge in [-0.1, -0.05) is 31.9 Å². The van der Waals surface area contributed by atoms with E-state index >= 15 is 0 Å². The largest absolute Gasteiger partial charge is 0.374 e. The lowest BCUT2D eigenvalue weighted by molar-refractivity contribution is 1.23. The first-order valence-electron chi connectivity index (χ1n) is 3.13. The highest BCUT2D eigenvalue weighted by atomic mass is 32.2. The third-order valence-electron chi connectivity index (χ3n) is 0.779. The van der Waals surface area contributed by atoms with Crippen molar-refractivity contribution in [2.75, 3.05) is 26.6 Å².